The maximum absolute atomic E-state index is 12.6. The number of piperidine rings is 1. The van der Waals surface area contributed by atoms with Crippen molar-refractivity contribution in [2.24, 2.45) is 5.41 Å². The summed E-state index contributed by atoms with van der Waals surface area (Å²) in [6.07, 6.45) is 1.60. The van der Waals surface area contributed by atoms with Gasteiger partial charge in [0.15, 0.2) is 0 Å². The van der Waals surface area contributed by atoms with Gasteiger partial charge in [0, 0.05) is 31.3 Å². The standard InChI is InChI=1S/C22H27NO2/c1-21(2,3)20(24)23-16-14-22(15-17-23,18-10-6-4-7-11-18)25-19-12-8-5-9-13-19/h4-13H,14-17H2,1-3H3. The van der Waals surface area contributed by atoms with Crippen LogP contribution in [0.15, 0.2) is 60.7 Å². The molecule has 0 unspecified atom stereocenters. The minimum absolute atomic E-state index is 0.217. The van der Waals surface area contributed by atoms with Crippen LogP contribution in [0, 0.1) is 5.41 Å². The van der Waals surface area contributed by atoms with Gasteiger partial charge in [-0.05, 0) is 17.7 Å². The van der Waals surface area contributed by atoms with Gasteiger partial charge >= 0.3 is 0 Å². The van der Waals surface area contributed by atoms with Gasteiger partial charge in [-0.2, -0.15) is 0 Å². The van der Waals surface area contributed by atoms with E-state index in [-0.39, 0.29) is 16.9 Å². The SMILES string of the molecule is CC(C)(C)C(=O)N1CCC(Oc2ccccc2)(c2ccccc2)CC1. The van der Waals surface area contributed by atoms with Crippen LogP contribution in [0.5, 0.6) is 5.75 Å². The molecule has 1 aliphatic rings. The van der Waals surface area contributed by atoms with Gasteiger partial charge in [-0.25, -0.2) is 0 Å². The van der Waals surface area contributed by atoms with Crippen molar-refractivity contribution < 1.29 is 9.53 Å². The Balaban J connectivity index is 1.84. The third kappa shape index (κ3) is 3.87. The van der Waals surface area contributed by atoms with Gasteiger partial charge in [0.2, 0.25) is 5.91 Å². The lowest BCUT2D eigenvalue weighted by Gasteiger charge is -2.43. The minimum atomic E-state index is -0.378. The average Bonchev–Trinajstić information content (AvgIpc) is 2.62. The molecule has 0 N–H and O–H groups in total. The van der Waals surface area contributed by atoms with E-state index < -0.39 is 0 Å². The van der Waals surface area contributed by atoms with Crippen molar-refractivity contribution in [3.8, 4) is 5.75 Å². The number of hydrogen-bond donors (Lipinski definition) is 0. The zero-order valence-electron chi connectivity index (χ0n) is 15.4. The number of hydrogen-bond acceptors (Lipinski definition) is 2. The quantitative estimate of drug-likeness (QED) is 0.817. The highest BCUT2D eigenvalue weighted by molar-refractivity contribution is 5.81. The molecule has 3 rings (SSSR count). The molecule has 0 radical (unpaired) electrons. The second-order valence-electron chi connectivity index (χ2n) is 7.82. The third-order valence-electron chi connectivity index (χ3n) is 4.86. The molecule has 3 nitrogen and oxygen atoms in total. The van der Waals surface area contributed by atoms with E-state index in [0.29, 0.717) is 0 Å². The second-order valence-corrected chi connectivity index (χ2v) is 7.82. The van der Waals surface area contributed by atoms with Crippen LogP contribution in [0.2, 0.25) is 0 Å². The number of amides is 1. The van der Waals surface area contributed by atoms with Crippen LogP contribution in [0.25, 0.3) is 0 Å². The minimum Gasteiger partial charge on any atom is -0.482 e. The van der Waals surface area contributed by atoms with Gasteiger partial charge in [-0.1, -0.05) is 69.3 Å². The molecule has 1 saturated heterocycles. The fraction of sp³-hybridized carbons (Fsp3) is 0.409. The zero-order chi connectivity index (χ0) is 17.9. The Labute approximate surface area is 150 Å². The highest BCUT2D eigenvalue weighted by atomic mass is 16.5. The van der Waals surface area contributed by atoms with Crippen LogP contribution >= 0.6 is 0 Å². The van der Waals surface area contributed by atoms with Crippen molar-refractivity contribution in [1.82, 2.24) is 4.90 Å². The van der Waals surface area contributed by atoms with E-state index in [1.165, 1.54) is 5.56 Å². The molecule has 0 spiro atoms. The van der Waals surface area contributed by atoms with Gasteiger partial charge in [-0.3, -0.25) is 4.79 Å². The number of carbonyl (C=O) groups is 1. The summed E-state index contributed by atoms with van der Waals surface area (Å²) >= 11 is 0. The van der Waals surface area contributed by atoms with E-state index >= 15 is 0 Å². The molecular formula is C22H27NO2. The summed E-state index contributed by atoms with van der Waals surface area (Å²) in [6, 6.07) is 20.4. The summed E-state index contributed by atoms with van der Waals surface area (Å²) in [4.78, 5) is 14.6. The number of ether oxygens (including phenoxy) is 1. The van der Waals surface area contributed by atoms with E-state index in [1.807, 2.05) is 62.1 Å². The van der Waals surface area contributed by atoms with Crippen molar-refractivity contribution in [3.05, 3.63) is 66.2 Å². The highest BCUT2D eigenvalue weighted by Gasteiger charge is 2.41. The number of para-hydroxylation sites is 1. The highest BCUT2D eigenvalue weighted by Crippen LogP contribution is 2.38. The second kappa shape index (κ2) is 6.91. The average molecular weight is 337 g/mol. The normalized spacial score (nSPS) is 17.2. The van der Waals surface area contributed by atoms with Crippen molar-refractivity contribution in [2.45, 2.75) is 39.2 Å². The van der Waals surface area contributed by atoms with Crippen LogP contribution in [-0.2, 0) is 10.4 Å². The van der Waals surface area contributed by atoms with E-state index in [0.717, 1.165) is 31.7 Å². The summed E-state index contributed by atoms with van der Waals surface area (Å²) in [6.45, 7) is 7.38. The first-order valence-corrected chi connectivity index (χ1v) is 9.00. The molecule has 132 valence electrons. The van der Waals surface area contributed by atoms with Gasteiger partial charge in [-0.15, -0.1) is 0 Å². The fourth-order valence-corrected chi connectivity index (χ4v) is 3.45. The molecule has 1 heterocycles. The number of rotatable bonds is 3. The zero-order valence-corrected chi connectivity index (χ0v) is 15.4. The first-order valence-electron chi connectivity index (χ1n) is 9.00. The lowest BCUT2D eigenvalue weighted by molar-refractivity contribution is -0.143. The molecule has 0 bridgehead atoms. The number of likely N-dealkylation sites (tertiary alicyclic amines) is 1. The predicted molar refractivity (Wildman–Crippen MR) is 100 cm³/mol. The van der Waals surface area contributed by atoms with E-state index in [9.17, 15) is 4.79 Å². The van der Waals surface area contributed by atoms with E-state index in [4.69, 9.17) is 4.74 Å². The Bertz CT molecular complexity index is 696. The first-order chi connectivity index (χ1) is 11.9. The Morgan fingerprint density at radius 3 is 1.96 bits per heavy atom. The maximum Gasteiger partial charge on any atom is 0.227 e. The van der Waals surface area contributed by atoms with Crippen molar-refractivity contribution in [2.75, 3.05) is 13.1 Å². The van der Waals surface area contributed by atoms with Crippen LogP contribution in [0.1, 0.15) is 39.2 Å². The molecule has 25 heavy (non-hydrogen) atoms. The van der Waals surface area contributed by atoms with Gasteiger partial charge in [0.05, 0.1) is 0 Å². The van der Waals surface area contributed by atoms with E-state index in [1.54, 1.807) is 0 Å². The molecule has 1 fully saturated rings. The van der Waals surface area contributed by atoms with Crippen LogP contribution in [-0.4, -0.2) is 23.9 Å². The van der Waals surface area contributed by atoms with Crippen molar-refractivity contribution in [3.63, 3.8) is 0 Å². The summed E-state index contributed by atoms with van der Waals surface area (Å²) < 4.78 is 6.50. The molecule has 2 aromatic rings. The summed E-state index contributed by atoms with van der Waals surface area (Å²) in [5.74, 6) is 1.09. The van der Waals surface area contributed by atoms with Gasteiger partial charge < -0.3 is 9.64 Å². The third-order valence-corrected chi connectivity index (χ3v) is 4.86. The molecule has 0 aliphatic carbocycles. The Hall–Kier alpha value is -2.29. The summed E-state index contributed by atoms with van der Waals surface area (Å²) in [5.41, 5.74) is 0.464. The van der Waals surface area contributed by atoms with Gasteiger partial charge in [0.25, 0.3) is 0 Å². The molecule has 1 aliphatic heterocycles. The Morgan fingerprint density at radius 1 is 0.920 bits per heavy atom. The van der Waals surface area contributed by atoms with Crippen LogP contribution < -0.4 is 4.74 Å². The van der Waals surface area contributed by atoms with Crippen LogP contribution in [0.4, 0.5) is 0 Å². The molecule has 0 aromatic heterocycles. The maximum atomic E-state index is 12.6. The fourth-order valence-electron chi connectivity index (χ4n) is 3.45. The molecule has 1 amide bonds. The van der Waals surface area contributed by atoms with Gasteiger partial charge in [0.1, 0.15) is 11.4 Å². The number of nitrogens with zero attached hydrogens (tertiary/aromatic N) is 1. The molecule has 0 saturated carbocycles. The van der Waals surface area contributed by atoms with Crippen molar-refractivity contribution in [1.29, 1.82) is 0 Å². The lowest BCUT2D eigenvalue weighted by atomic mass is 9.83. The predicted octanol–water partition coefficient (Wildman–Crippen LogP) is 4.63. The monoisotopic (exact) mass is 337 g/mol. The van der Waals surface area contributed by atoms with E-state index in [2.05, 4.69) is 24.3 Å². The molecule has 2 aromatic carbocycles. The first kappa shape index (κ1) is 17.5. The number of carbonyl (C=O) groups excluding carboxylic acids is 1. The molecular weight excluding hydrogens is 310 g/mol. The summed E-state index contributed by atoms with van der Waals surface area (Å²) in [5, 5.41) is 0. The lowest BCUT2D eigenvalue weighted by Crippen LogP contribution is -2.50. The Kier molecular flexibility index (Phi) is 4.85. The smallest absolute Gasteiger partial charge is 0.227 e. The van der Waals surface area contributed by atoms with Crippen molar-refractivity contribution >= 4 is 5.91 Å². The summed E-state index contributed by atoms with van der Waals surface area (Å²) in [7, 11) is 0. The largest absolute Gasteiger partial charge is 0.482 e. The Morgan fingerprint density at radius 2 is 1.44 bits per heavy atom. The number of benzene rings is 2. The molecule has 3 heteroatoms. The topological polar surface area (TPSA) is 29.5 Å². The molecule has 0 atom stereocenters. The van der Waals surface area contributed by atoms with Crippen LogP contribution in [0.3, 0.4) is 0 Å².